The first kappa shape index (κ1) is 19.4. The summed E-state index contributed by atoms with van der Waals surface area (Å²) in [7, 11) is 1.60. The summed E-state index contributed by atoms with van der Waals surface area (Å²) in [5, 5.41) is 9.27. The highest BCUT2D eigenvalue weighted by Crippen LogP contribution is 2.33. The third kappa shape index (κ3) is 4.24. The molecule has 1 N–H and O–H groups in total. The number of ether oxygens (including phenoxy) is 2. The van der Waals surface area contributed by atoms with E-state index in [1.54, 1.807) is 37.7 Å². The number of methoxy groups -OCH3 is 1. The summed E-state index contributed by atoms with van der Waals surface area (Å²) in [4.78, 5) is 16.0. The Kier molecular flexibility index (Phi) is 5.59. The number of nitrogens with one attached hydrogen (secondary N) is 1. The number of H-pyrrole nitrogens is 1. The van der Waals surface area contributed by atoms with Gasteiger partial charge in [0.05, 0.1) is 30.3 Å². The predicted octanol–water partition coefficient (Wildman–Crippen LogP) is 4.65. The first-order valence-corrected chi connectivity index (χ1v) is 9.37. The van der Waals surface area contributed by atoms with Gasteiger partial charge in [0.1, 0.15) is 35.2 Å². The number of pyridine rings is 2. The van der Waals surface area contributed by atoms with Crippen molar-refractivity contribution in [3.05, 3.63) is 77.5 Å². The van der Waals surface area contributed by atoms with E-state index >= 15 is 0 Å². The lowest BCUT2D eigenvalue weighted by atomic mass is 10.1. The molecule has 0 saturated heterocycles. The number of imidazole rings is 1. The van der Waals surface area contributed by atoms with Crippen molar-refractivity contribution in [1.82, 2.24) is 19.9 Å². The zero-order valence-corrected chi connectivity index (χ0v) is 16.7. The van der Waals surface area contributed by atoms with Crippen LogP contribution in [0, 0.1) is 11.3 Å². The van der Waals surface area contributed by atoms with Gasteiger partial charge in [-0.1, -0.05) is 11.6 Å². The van der Waals surface area contributed by atoms with E-state index in [0.717, 1.165) is 22.5 Å². The van der Waals surface area contributed by atoms with Crippen molar-refractivity contribution in [2.24, 2.45) is 0 Å². The molecule has 4 aromatic rings. The van der Waals surface area contributed by atoms with Gasteiger partial charge in [0.25, 0.3) is 0 Å². The fourth-order valence-corrected chi connectivity index (χ4v) is 2.95. The number of nitriles is 1. The van der Waals surface area contributed by atoms with Crippen LogP contribution < -0.4 is 9.47 Å². The Hall–Kier alpha value is -3.89. The molecule has 4 rings (SSSR count). The van der Waals surface area contributed by atoms with Crippen LogP contribution in [-0.2, 0) is 6.61 Å². The molecule has 1 aromatic carbocycles. The van der Waals surface area contributed by atoms with Crippen molar-refractivity contribution in [2.75, 3.05) is 7.11 Å². The summed E-state index contributed by atoms with van der Waals surface area (Å²) in [6.07, 6.45) is 4.92. The highest BCUT2D eigenvalue weighted by molar-refractivity contribution is 6.29. The second-order valence-corrected chi connectivity index (χ2v) is 6.70. The van der Waals surface area contributed by atoms with Crippen molar-refractivity contribution in [1.29, 1.82) is 5.26 Å². The molecule has 148 valence electrons. The maximum atomic E-state index is 8.84. The molecule has 30 heavy (non-hydrogen) atoms. The average molecular weight is 418 g/mol. The van der Waals surface area contributed by atoms with Gasteiger partial charge in [-0.05, 0) is 36.4 Å². The number of aromatic nitrogens is 4. The standard InChI is InChI=1S/C22H16ClN5O2/c1-29-20-8-17(30-13-16-4-2-14(9-24)10-25-16)5-6-18(20)19-12-27-22(28-19)15-3-7-21(23)26-11-15/h2-8,10-12H,13H2,1H3,(H,27,28). The van der Waals surface area contributed by atoms with Crippen molar-refractivity contribution < 1.29 is 9.47 Å². The number of nitrogens with zero attached hydrogens (tertiary/aromatic N) is 4. The Morgan fingerprint density at radius 2 is 1.93 bits per heavy atom. The molecule has 0 radical (unpaired) electrons. The second kappa shape index (κ2) is 8.64. The molecule has 0 fully saturated rings. The fraction of sp³-hybridized carbons (Fsp3) is 0.0909. The van der Waals surface area contributed by atoms with Crippen molar-refractivity contribution in [3.63, 3.8) is 0 Å². The van der Waals surface area contributed by atoms with Crippen LogP contribution in [0.1, 0.15) is 11.3 Å². The van der Waals surface area contributed by atoms with Crippen LogP contribution in [0.3, 0.4) is 0 Å². The molecule has 0 spiro atoms. The summed E-state index contributed by atoms with van der Waals surface area (Å²) >= 11 is 5.85. The Morgan fingerprint density at radius 1 is 1.03 bits per heavy atom. The van der Waals surface area contributed by atoms with Crippen LogP contribution >= 0.6 is 11.6 Å². The van der Waals surface area contributed by atoms with E-state index in [1.165, 1.54) is 6.20 Å². The lowest BCUT2D eigenvalue weighted by Gasteiger charge is -2.11. The number of halogens is 1. The third-order valence-corrected chi connectivity index (χ3v) is 4.60. The molecule has 8 heteroatoms. The Balaban J connectivity index is 1.52. The number of benzene rings is 1. The third-order valence-electron chi connectivity index (χ3n) is 4.38. The SMILES string of the molecule is COc1cc(OCc2ccc(C#N)cn2)ccc1-c1cnc(-c2ccc(Cl)nc2)[nH]1. The zero-order valence-electron chi connectivity index (χ0n) is 16.0. The first-order valence-electron chi connectivity index (χ1n) is 8.99. The number of hydrogen-bond donors (Lipinski definition) is 1. The predicted molar refractivity (Wildman–Crippen MR) is 112 cm³/mol. The maximum Gasteiger partial charge on any atom is 0.139 e. The van der Waals surface area contributed by atoms with Gasteiger partial charge >= 0.3 is 0 Å². The summed E-state index contributed by atoms with van der Waals surface area (Å²) in [5.74, 6) is 1.97. The molecule has 0 aliphatic heterocycles. The van der Waals surface area contributed by atoms with E-state index in [-0.39, 0.29) is 6.61 Å². The Bertz CT molecular complexity index is 1200. The van der Waals surface area contributed by atoms with Gasteiger partial charge in [0, 0.05) is 29.6 Å². The lowest BCUT2D eigenvalue weighted by molar-refractivity contribution is 0.299. The molecule has 0 atom stereocenters. The van der Waals surface area contributed by atoms with Crippen molar-refractivity contribution in [2.45, 2.75) is 6.61 Å². The van der Waals surface area contributed by atoms with Gasteiger partial charge in [0.15, 0.2) is 0 Å². The summed E-state index contributed by atoms with van der Waals surface area (Å²) < 4.78 is 11.4. The monoisotopic (exact) mass is 417 g/mol. The van der Waals surface area contributed by atoms with E-state index in [1.807, 2.05) is 30.3 Å². The number of rotatable bonds is 6. The van der Waals surface area contributed by atoms with Crippen molar-refractivity contribution >= 4 is 11.6 Å². The highest BCUT2D eigenvalue weighted by atomic mass is 35.5. The topological polar surface area (TPSA) is 96.7 Å². The Labute approximate surface area is 177 Å². The molecular formula is C22H16ClN5O2. The maximum absolute atomic E-state index is 8.84. The average Bonchev–Trinajstić information content (AvgIpc) is 3.28. The van der Waals surface area contributed by atoms with Crippen LogP contribution in [0.2, 0.25) is 5.15 Å². The van der Waals surface area contributed by atoms with Gasteiger partial charge in [0.2, 0.25) is 0 Å². The smallest absolute Gasteiger partial charge is 0.139 e. The van der Waals surface area contributed by atoms with Crippen LogP contribution in [0.4, 0.5) is 0 Å². The minimum atomic E-state index is 0.284. The van der Waals surface area contributed by atoms with Gasteiger partial charge in [-0.25, -0.2) is 9.97 Å². The minimum Gasteiger partial charge on any atom is -0.496 e. The van der Waals surface area contributed by atoms with Crippen LogP contribution in [0.5, 0.6) is 11.5 Å². The second-order valence-electron chi connectivity index (χ2n) is 6.32. The quantitative estimate of drug-likeness (QED) is 0.459. The van der Waals surface area contributed by atoms with E-state index in [0.29, 0.717) is 28.0 Å². The van der Waals surface area contributed by atoms with Crippen molar-refractivity contribution in [3.8, 4) is 40.2 Å². The Morgan fingerprint density at radius 3 is 2.63 bits per heavy atom. The molecule has 3 heterocycles. The molecule has 0 amide bonds. The summed E-state index contributed by atoms with van der Waals surface area (Å²) in [6, 6.07) is 14.6. The molecule has 0 bridgehead atoms. The highest BCUT2D eigenvalue weighted by Gasteiger charge is 2.12. The molecular weight excluding hydrogens is 402 g/mol. The van der Waals surface area contributed by atoms with E-state index in [4.69, 9.17) is 26.3 Å². The molecule has 0 unspecified atom stereocenters. The van der Waals surface area contributed by atoms with Gasteiger partial charge in [-0.2, -0.15) is 5.26 Å². The lowest BCUT2D eigenvalue weighted by Crippen LogP contribution is -1.99. The number of hydrogen-bond acceptors (Lipinski definition) is 6. The summed E-state index contributed by atoms with van der Waals surface area (Å²) in [5.41, 5.74) is 3.73. The minimum absolute atomic E-state index is 0.284. The van der Waals surface area contributed by atoms with Crippen LogP contribution in [0.25, 0.3) is 22.6 Å². The van der Waals surface area contributed by atoms with Crippen LogP contribution in [-0.4, -0.2) is 27.0 Å². The largest absolute Gasteiger partial charge is 0.496 e. The molecule has 3 aromatic heterocycles. The van der Waals surface area contributed by atoms with Gasteiger partial charge < -0.3 is 14.5 Å². The molecule has 7 nitrogen and oxygen atoms in total. The first-order chi connectivity index (χ1) is 14.7. The van der Waals surface area contributed by atoms with E-state index in [2.05, 4.69) is 19.9 Å². The van der Waals surface area contributed by atoms with E-state index in [9.17, 15) is 0 Å². The normalized spacial score (nSPS) is 10.4. The summed E-state index contributed by atoms with van der Waals surface area (Å²) in [6.45, 7) is 0.284. The molecule has 0 aliphatic carbocycles. The van der Waals surface area contributed by atoms with E-state index < -0.39 is 0 Å². The van der Waals surface area contributed by atoms with Crippen LogP contribution in [0.15, 0.2) is 61.1 Å². The van der Waals surface area contributed by atoms with Gasteiger partial charge in [-0.3, -0.25) is 4.98 Å². The van der Waals surface area contributed by atoms with Gasteiger partial charge in [-0.15, -0.1) is 0 Å². The fourth-order valence-electron chi connectivity index (χ4n) is 2.84. The molecule has 0 saturated carbocycles. The number of aromatic amines is 1. The zero-order chi connectivity index (χ0) is 20.9. The molecule has 0 aliphatic rings.